The fourth-order valence-electron chi connectivity index (χ4n) is 3.69. The Balaban J connectivity index is 1.65. The smallest absolute Gasteiger partial charge is 0.283 e. The van der Waals surface area contributed by atoms with Crippen LogP contribution in [0.25, 0.3) is 27.6 Å². The van der Waals surface area contributed by atoms with Crippen molar-refractivity contribution in [2.45, 2.75) is 17.9 Å². The number of aromatic amines is 1. The van der Waals surface area contributed by atoms with Crippen LogP contribution >= 0.6 is 11.8 Å². The van der Waals surface area contributed by atoms with Crippen LogP contribution in [0.5, 0.6) is 5.75 Å². The highest BCUT2D eigenvalue weighted by Gasteiger charge is 2.20. The first kappa shape index (κ1) is 19.2. The van der Waals surface area contributed by atoms with Crippen LogP contribution in [0.3, 0.4) is 0 Å². The Labute approximate surface area is 177 Å². The van der Waals surface area contributed by atoms with E-state index in [-0.39, 0.29) is 11.8 Å². The van der Waals surface area contributed by atoms with Crippen LogP contribution in [0.15, 0.2) is 58.5 Å². The Kier molecular flexibility index (Phi) is 5.20. The van der Waals surface area contributed by atoms with Crippen molar-refractivity contribution < 1.29 is 14.2 Å². The summed E-state index contributed by atoms with van der Waals surface area (Å²) in [5.41, 5.74) is 2.55. The maximum Gasteiger partial charge on any atom is 0.283 e. The van der Waals surface area contributed by atoms with Gasteiger partial charge >= 0.3 is 0 Å². The molecule has 7 nitrogen and oxygen atoms in total. The fraction of sp³-hybridized carbons (Fsp3) is 0.273. The van der Waals surface area contributed by atoms with Gasteiger partial charge < -0.3 is 19.2 Å². The highest BCUT2D eigenvalue weighted by Crippen LogP contribution is 2.30. The average molecular weight is 423 g/mol. The molecule has 3 heterocycles. The summed E-state index contributed by atoms with van der Waals surface area (Å²) in [6.07, 6.45) is 0.527. The fourth-order valence-corrected chi connectivity index (χ4v) is 4.65. The predicted octanol–water partition coefficient (Wildman–Crippen LogP) is 3.73. The van der Waals surface area contributed by atoms with Gasteiger partial charge in [0.1, 0.15) is 16.8 Å². The number of benzene rings is 2. The highest BCUT2D eigenvalue weighted by atomic mass is 32.2. The Morgan fingerprint density at radius 1 is 1.17 bits per heavy atom. The van der Waals surface area contributed by atoms with Gasteiger partial charge in [-0.25, -0.2) is 9.55 Å². The summed E-state index contributed by atoms with van der Waals surface area (Å²) in [5.74, 6) is 1.32. The molecule has 5 rings (SSSR count). The first-order valence-corrected chi connectivity index (χ1v) is 10.8. The van der Waals surface area contributed by atoms with Gasteiger partial charge in [-0.3, -0.25) is 4.79 Å². The number of hydrogen-bond donors (Lipinski definition) is 1. The summed E-state index contributed by atoms with van der Waals surface area (Å²) >= 11 is 1.51. The Bertz CT molecular complexity index is 1260. The molecule has 0 radical (unpaired) electrons. The monoisotopic (exact) mass is 423 g/mol. The van der Waals surface area contributed by atoms with Gasteiger partial charge in [0, 0.05) is 23.1 Å². The minimum absolute atomic E-state index is 0.156. The minimum atomic E-state index is -0.194. The van der Waals surface area contributed by atoms with E-state index in [4.69, 9.17) is 19.2 Å². The number of nitrogens with one attached hydrogen (secondary N) is 1. The molecule has 154 valence electrons. The molecular weight excluding hydrogens is 402 g/mol. The van der Waals surface area contributed by atoms with Gasteiger partial charge in [0.25, 0.3) is 5.56 Å². The molecule has 1 fully saturated rings. The third-order valence-corrected chi connectivity index (χ3v) is 6.07. The van der Waals surface area contributed by atoms with Crippen LogP contribution in [0.1, 0.15) is 6.42 Å². The molecule has 0 atom stereocenters. The summed E-state index contributed by atoms with van der Waals surface area (Å²) < 4.78 is 18.2. The van der Waals surface area contributed by atoms with Gasteiger partial charge in [-0.05, 0) is 18.2 Å². The van der Waals surface area contributed by atoms with E-state index in [0.29, 0.717) is 46.6 Å². The largest absolute Gasteiger partial charge is 0.495 e. The molecule has 4 aromatic rings. The third kappa shape index (κ3) is 3.36. The molecule has 1 N–H and O–H groups in total. The van der Waals surface area contributed by atoms with Gasteiger partial charge in [-0.15, -0.1) is 0 Å². The van der Waals surface area contributed by atoms with Gasteiger partial charge in [0.05, 0.1) is 26.0 Å². The summed E-state index contributed by atoms with van der Waals surface area (Å²) in [6.45, 7) is 1.25. The molecule has 1 aliphatic heterocycles. The molecule has 0 amide bonds. The molecule has 2 aromatic heterocycles. The number of methoxy groups -OCH3 is 1. The molecule has 0 saturated carbocycles. The third-order valence-electron chi connectivity index (χ3n) is 5.10. The zero-order chi connectivity index (χ0) is 20.5. The van der Waals surface area contributed by atoms with Crippen LogP contribution in [-0.2, 0) is 9.47 Å². The number of fused-ring (bicyclic) bond motifs is 3. The van der Waals surface area contributed by atoms with Crippen molar-refractivity contribution in [2.75, 3.05) is 26.1 Å². The lowest BCUT2D eigenvalue weighted by Gasteiger charge is -2.15. The summed E-state index contributed by atoms with van der Waals surface area (Å²) in [4.78, 5) is 21.7. The number of aromatic nitrogens is 3. The topological polar surface area (TPSA) is 78.4 Å². The number of ether oxygens (including phenoxy) is 3. The number of hydrogen-bond acceptors (Lipinski definition) is 6. The van der Waals surface area contributed by atoms with Crippen molar-refractivity contribution in [3.63, 3.8) is 0 Å². The number of H-pyrrole nitrogens is 1. The quantitative estimate of drug-likeness (QED) is 0.376. The first-order valence-electron chi connectivity index (χ1n) is 9.79. The highest BCUT2D eigenvalue weighted by molar-refractivity contribution is 7.99. The molecule has 0 unspecified atom stereocenters. The van der Waals surface area contributed by atoms with E-state index in [9.17, 15) is 4.79 Å². The van der Waals surface area contributed by atoms with Crippen molar-refractivity contribution in [3.8, 4) is 11.4 Å². The van der Waals surface area contributed by atoms with E-state index in [1.54, 1.807) is 11.7 Å². The maximum absolute atomic E-state index is 13.6. The number of rotatable bonds is 6. The number of thioether (sulfide) groups is 1. The van der Waals surface area contributed by atoms with Crippen molar-refractivity contribution in [3.05, 3.63) is 58.9 Å². The molecule has 8 heteroatoms. The minimum Gasteiger partial charge on any atom is -0.495 e. The zero-order valence-electron chi connectivity index (χ0n) is 16.5. The standard InChI is InChI=1S/C22H21N3O4S/c1-27-17-9-5-4-8-16(17)25-21(26)20-19(14-6-2-3-7-15(14)23-20)24-22(25)30-13-10-18-28-11-12-29-18/h2-9,18,23H,10-13H2,1H3. The molecule has 0 aliphatic carbocycles. The average Bonchev–Trinajstić information content (AvgIpc) is 3.42. The molecule has 2 aromatic carbocycles. The SMILES string of the molecule is COc1ccccc1-n1c(SCCC2OCCO2)nc2c([nH]c3ccccc32)c1=O. The normalized spacial score (nSPS) is 14.7. The maximum atomic E-state index is 13.6. The van der Waals surface area contributed by atoms with Gasteiger partial charge in [0.15, 0.2) is 11.4 Å². The predicted molar refractivity (Wildman–Crippen MR) is 117 cm³/mol. The molecule has 30 heavy (non-hydrogen) atoms. The summed E-state index contributed by atoms with van der Waals surface area (Å²) in [5, 5.41) is 1.54. The van der Waals surface area contributed by atoms with Crippen molar-refractivity contribution >= 4 is 33.7 Å². The van der Waals surface area contributed by atoms with Crippen LogP contribution in [-0.4, -0.2) is 46.9 Å². The molecule has 0 bridgehead atoms. The van der Waals surface area contributed by atoms with Crippen molar-refractivity contribution in [1.82, 2.24) is 14.5 Å². The van der Waals surface area contributed by atoms with E-state index in [2.05, 4.69) is 4.98 Å². The second kappa shape index (κ2) is 8.14. The second-order valence-corrected chi connectivity index (χ2v) is 7.97. The molecular formula is C22H21N3O4S. The van der Waals surface area contributed by atoms with Crippen LogP contribution in [0, 0.1) is 0 Å². The lowest BCUT2D eigenvalue weighted by atomic mass is 10.2. The Morgan fingerprint density at radius 3 is 2.77 bits per heavy atom. The number of nitrogens with zero attached hydrogens (tertiary/aromatic N) is 2. The lowest BCUT2D eigenvalue weighted by molar-refractivity contribution is -0.0421. The Morgan fingerprint density at radius 2 is 1.93 bits per heavy atom. The van der Waals surface area contributed by atoms with Crippen molar-refractivity contribution in [2.24, 2.45) is 0 Å². The summed E-state index contributed by atoms with van der Waals surface area (Å²) in [6, 6.07) is 15.3. The van der Waals surface area contributed by atoms with Gasteiger partial charge in [0.2, 0.25) is 0 Å². The molecule has 1 saturated heterocycles. The van der Waals surface area contributed by atoms with E-state index in [1.165, 1.54) is 11.8 Å². The van der Waals surface area contributed by atoms with Crippen molar-refractivity contribution in [1.29, 1.82) is 0 Å². The summed E-state index contributed by atoms with van der Waals surface area (Å²) in [7, 11) is 1.60. The zero-order valence-corrected chi connectivity index (χ0v) is 17.3. The van der Waals surface area contributed by atoms with Gasteiger partial charge in [-0.2, -0.15) is 0 Å². The van der Waals surface area contributed by atoms with Gasteiger partial charge in [-0.1, -0.05) is 42.1 Å². The van der Waals surface area contributed by atoms with E-state index >= 15 is 0 Å². The lowest BCUT2D eigenvalue weighted by Crippen LogP contribution is -2.22. The van der Waals surface area contributed by atoms with E-state index in [0.717, 1.165) is 17.3 Å². The number of para-hydroxylation sites is 3. The van der Waals surface area contributed by atoms with Crippen LogP contribution in [0.2, 0.25) is 0 Å². The first-order chi connectivity index (χ1) is 14.8. The van der Waals surface area contributed by atoms with Crippen LogP contribution < -0.4 is 10.3 Å². The van der Waals surface area contributed by atoms with E-state index in [1.807, 2.05) is 48.5 Å². The second-order valence-electron chi connectivity index (χ2n) is 6.91. The Hall–Kier alpha value is -2.81. The van der Waals surface area contributed by atoms with Crippen LogP contribution in [0.4, 0.5) is 0 Å². The molecule has 0 spiro atoms. The van der Waals surface area contributed by atoms with E-state index < -0.39 is 0 Å². The molecule has 1 aliphatic rings.